The van der Waals surface area contributed by atoms with Gasteiger partial charge in [-0.25, -0.2) is 8.42 Å². The maximum atomic E-state index is 12.5. The second-order valence-corrected chi connectivity index (χ2v) is 9.11. The lowest BCUT2D eigenvalue weighted by Gasteiger charge is -2.29. The summed E-state index contributed by atoms with van der Waals surface area (Å²) in [6.07, 6.45) is 2.15. The van der Waals surface area contributed by atoms with E-state index in [0.29, 0.717) is 18.0 Å². The van der Waals surface area contributed by atoms with E-state index < -0.39 is 15.4 Å². The fourth-order valence-electron chi connectivity index (χ4n) is 3.06. The van der Waals surface area contributed by atoms with Crippen LogP contribution in [0.2, 0.25) is 0 Å². The van der Waals surface area contributed by atoms with Crippen LogP contribution in [-0.2, 0) is 15.6 Å². The Morgan fingerprint density at radius 1 is 1.11 bits per heavy atom. The number of carbonyl (C=O) groups excluding carboxylic acids is 1. The van der Waals surface area contributed by atoms with Gasteiger partial charge in [0.2, 0.25) is 0 Å². The van der Waals surface area contributed by atoms with Gasteiger partial charge in [-0.1, -0.05) is 30.3 Å². The lowest BCUT2D eigenvalue weighted by atomic mass is 9.95. The first-order valence-electron chi connectivity index (χ1n) is 8.73. The minimum absolute atomic E-state index is 0. The fourth-order valence-corrected chi connectivity index (χ4v) is 4.41. The molecule has 1 aliphatic rings. The van der Waals surface area contributed by atoms with Gasteiger partial charge in [-0.05, 0) is 55.5 Å². The van der Waals surface area contributed by atoms with Crippen molar-refractivity contribution < 1.29 is 13.2 Å². The van der Waals surface area contributed by atoms with Crippen molar-refractivity contribution in [1.29, 1.82) is 0 Å². The van der Waals surface area contributed by atoms with Crippen molar-refractivity contribution in [2.75, 3.05) is 6.54 Å². The number of benzene rings is 2. The van der Waals surface area contributed by atoms with Crippen LogP contribution in [-0.4, -0.2) is 26.4 Å². The Balaban J connectivity index is 0.00000261. The summed E-state index contributed by atoms with van der Waals surface area (Å²) in [7, 11) is -3.45. The molecule has 0 saturated heterocycles. The molecule has 0 radical (unpaired) electrons. The van der Waals surface area contributed by atoms with Crippen LogP contribution in [0.25, 0.3) is 0 Å². The van der Waals surface area contributed by atoms with Crippen LogP contribution in [0.3, 0.4) is 0 Å². The molecule has 1 aliphatic carbocycles. The third-order valence-electron chi connectivity index (χ3n) is 4.98. The summed E-state index contributed by atoms with van der Waals surface area (Å²) in [6, 6.07) is 15.1. The highest BCUT2D eigenvalue weighted by molar-refractivity contribution is 7.90. The molecule has 3 N–H and O–H groups in total. The number of hydrogen-bond donors (Lipinski definition) is 2. The highest BCUT2D eigenvalue weighted by Crippen LogP contribution is 2.39. The van der Waals surface area contributed by atoms with Crippen molar-refractivity contribution in [3.8, 4) is 0 Å². The topological polar surface area (TPSA) is 89.3 Å². The number of sulfone groups is 1. The quantitative estimate of drug-likeness (QED) is 0.737. The van der Waals surface area contributed by atoms with E-state index in [4.69, 9.17) is 5.73 Å². The summed E-state index contributed by atoms with van der Waals surface area (Å²) in [5.74, 6) is 0.130. The van der Waals surface area contributed by atoms with Crippen LogP contribution in [0.5, 0.6) is 0 Å². The number of carbonyl (C=O) groups is 1. The molecule has 5 nitrogen and oxygen atoms in total. The standard InChI is InChI=1S/C20H24N2O3S.ClH/c1-20(14-21,17-9-10-17)22-19(23)16-7-11-18(12-8-16)26(24,25)13-15-5-3-2-4-6-15;/h2-8,11-12,17H,9-10,13-14,21H2,1H3,(H,22,23);1H. The van der Waals surface area contributed by atoms with Crippen molar-refractivity contribution in [2.45, 2.75) is 36.0 Å². The molecular formula is C20H25ClN2O3S. The highest BCUT2D eigenvalue weighted by atomic mass is 35.5. The normalized spacial score (nSPS) is 16.1. The zero-order chi connectivity index (χ0) is 18.8. The zero-order valence-corrected chi connectivity index (χ0v) is 16.9. The van der Waals surface area contributed by atoms with E-state index >= 15 is 0 Å². The Kier molecular flexibility index (Phi) is 6.68. The van der Waals surface area contributed by atoms with Crippen LogP contribution < -0.4 is 11.1 Å². The largest absolute Gasteiger partial charge is 0.345 e. The third-order valence-corrected chi connectivity index (χ3v) is 6.68. The van der Waals surface area contributed by atoms with E-state index in [1.165, 1.54) is 12.1 Å². The predicted octanol–water partition coefficient (Wildman–Crippen LogP) is 2.94. The van der Waals surface area contributed by atoms with E-state index in [2.05, 4.69) is 5.32 Å². The summed E-state index contributed by atoms with van der Waals surface area (Å²) in [4.78, 5) is 12.7. The van der Waals surface area contributed by atoms with Crippen molar-refractivity contribution in [3.05, 3.63) is 65.7 Å². The van der Waals surface area contributed by atoms with E-state index in [1.54, 1.807) is 24.3 Å². The average molecular weight is 409 g/mol. The minimum atomic E-state index is -3.45. The van der Waals surface area contributed by atoms with Crippen LogP contribution in [0.1, 0.15) is 35.7 Å². The maximum absolute atomic E-state index is 12.5. The van der Waals surface area contributed by atoms with Gasteiger partial charge in [-0.15, -0.1) is 12.4 Å². The van der Waals surface area contributed by atoms with E-state index in [-0.39, 0.29) is 29.0 Å². The lowest BCUT2D eigenvalue weighted by Crippen LogP contribution is -2.53. The van der Waals surface area contributed by atoms with Crippen LogP contribution in [0.15, 0.2) is 59.5 Å². The summed E-state index contributed by atoms with van der Waals surface area (Å²) >= 11 is 0. The molecule has 1 saturated carbocycles. The highest BCUT2D eigenvalue weighted by Gasteiger charge is 2.41. The molecule has 2 aromatic carbocycles. The Bertz CT molecular complexity index is 881. The molecule has 146 valence electrons. The van der Waals surface area contributed by atoms with Crippen molar-refractivity contribution >= 4 is 28.2 Å². The number of halogens is 1. The van der Waals surface area contributed by atoms with Gasteiger partial charge in [0.05, 0.1) is 16.2 Å². The van der Waals surface area contributed by atoms with E-state index in [9.17, 15) is 13.2 Å². The molecule has 1 unspecified atom stereocenters. The second kappa shape index (κ2) is 8.42. The van der Waals surface area contributed by atoms with Crippen molar-refractivity contribution in [2.24, 2.45) is 11.7 Å². The number of nitrogens with one attached hydrogen (secondary N) is 1. The van der Waals surface area contributed by atoms with Gasteiger partial charge in [-0.2, -0.15) is 0 Å². The number of nitrogens with two attached hydrogens (primary N) is 1. The molecule has 0 aromatic heterocycles. The fraction of sp³-hybridized carbons (Fsp3) is 0.350. The van der Waals surface area contributed by atoms with Crippen LogP contribution in [0, 0.1) is 5.92 Å². The van der Waals surface area contributed by atoms with Gasteiger partial charge in [0.1, 0.15) is 0 Å². The first-order valence-corrected chi connectivity index (χ1v) is 10.4. The zero-order valence-electron chi connectivity index (χ0n) is 15.2. The molecule has 0 spiro atoms. The van der Waals surface area contributed by atoms with E-state index in [0.717, 1.165) is 18.4 Å². The monoisotopic (exact) mass is 408 g/mol. The van der Waals surface area contributed by atoms with Gasteiger partial charge in [-0.3, -0.25) is 4.79 Å². The Morgan fingerprint density at radius 2 is 1.70 bits per heavy atom. The van der Waals surface area contributed by atoms with Crippen molar-refractivity contribution in [1.82, 2.24) is 5.32 Å². The molecule has 1 amide bonds. The Hall–Kier alpha value is -1.89. The Morgan fingerprint density at radius 3 is 2.22 bits per heavy atom. The maximum Gasteiger partial charge on any atom is 0.251 e. The smallest absolute Gasteiger partial charge is 0.251 e. The van der Waals surface area contributed by atoms with Gasteiger partial charge in [0.25, 0.3) is 5.91 Å². The number of rotatable bonds is 7. The van der Waals surface area contributed by atoms with Gasteiger partial charge in [0.15, 0.2) is 9.84 Å². The molecule has 0 heterocycles. The molecule has 1 atom stereocenters. The summed E-state index contributed by atoms with van der Waals surface area (Å²) in [6.45, 7) is 2.34. The van der Waals surface area contributed by atoms with E-state index in [1.807, 2.05) is 25.1 Å². The number of hydrogen-bond acceptors (Lipinski definition) is 4. The first kappa shape index (κ1) is 21.4. The predicted molar refractivity (Wildman–Crippen MR) is 109 cm³/mol. The molecule has 27 heavy (non-hydrogen) atoms. The summed E-state index contributed by atoms with van der Waals surface area (Å²) in [5.41, 5.74) is 6.60. The summed E-state index contributed by atoms with van der Waals surface area (Å²) in [5, 5.41) is 3.01. The summed E-state index contributed by atoms with van der Waals surface area (Å²) < 4.78 is 25.1. The van der Waals surface area contributed by atoms with Gasteiger partial charge < -0.3 is 11.1 Å². The number of amides is 1. The van der Waals surface area contributed by atoms with Crippen LogP contribution >= 0.6 is 12.4 Å². The average Bonchev–Trinajstić information content (AvgIpc) is 3.48. The molecule has 0 aliphatic heterocycles. The molecule has 2 aromatic rings. The van der Waals surface area contributed by atoms with Gasteiger partial charge in [0, 0.05) is 12.1 Å². The van der Waals surface area contributed by atoms with Crippen LogP contribution in [0.4, 0.5) is 0 Å². The third kappa shape index (κ3) is 5.09. The second-order valence-electron chi connectivity index (χ2n) is 7.12. The lowest BCUT2D eigenvalue weighted by molar-refractivity contribution is 0.0897. The SMILES string of the molecule is CC(CN)(NC(=O)c1ccc(S(=O)(=O)Cc2ccccc2)cc1)C1CC1.Cl. The molecular weight excluding hydrogens is 384 g/mol. The first-order chi connectivity index (χ1) is 12.3. The molecule has 1 fully saturated rings. The van der Waals surface area contributed by atoms with Gasteiger partial charge >= 0.3 is 0 Å². The molecule has 3 rings (SSSR count). The molecule has 0 bridgehead atoms. The minimum Gasteiger partial charge on any atom is -0.345 e. The van der Waals surface area contributed by atoms with Crippen molar-refractivity contribution in [3.63, 3.8) is 0 Å². The molecule has 7 heteroatoms. The Labute approximate surface area is 166 Å².